The third kappa shape index (κ3) is 4.27. The number of thiophene rings is 1. The molecular formula is C46H41BN2S. The van der Waals surface area contributed by atoms with Crippen LogP contribution in [0.2, 0.25) is 0 Å². The molecule has 1 aliphatic carbocycles. The summed E-state index contributed by atoms with van der Waals surface area (Å²) in [5.41, 5.74) is 17.6. The zero-order chi connectivity index (χ0) is 34.1. The van der Waals surface area contributed by atoms with Gasteiger partial charge in [0.05, 0.1) is 5.52 Å². The molecule has 4 heteroatoms. The van der Waals surface area contributed by atoms with E-state index >= 15 is 0 Å². The van der Waals surface area contributed by atoms with Gasteiger partial charge in [0.25, 0.3) is 0 Å². The number of fused-ring (bicyclic) bond motifs is 9. The van der Waals surface area contributed by atoms with Crippen LogP contribution in [0.3, 0.4) is 0 Å². The number of aryl methyl sites for hydroxylation is 2. The molecule has 0 unspecified atom stereocenters. The lowest BCUT2D eigenvalue weighted by Crippen LogP contribution is -2.37. The Morgan fingerprint density at radius 1 is 0.680 bits per heavy atom. The molecular weight excluding hydrogens is 623 g/mol. The summed E-state index contributed by atoms with van der Waals surface area (Å²) < 4.78 is 5.39. The highest BCUT2D eigenvalue weighted by Crippen LogP contribution is 2.49. The second kappa shape index (κ2) is 10.4. The smallest absolute Gasteiger partial charge is 0.198 e. The van der Waals surface area contributed by atoms with Crippen LogP contribution in [0.5, 0.6) is 0 Å². The molecule has 2 aromatic heterocycles. The molecule has 244 valence electrons. The van der Waals surface area contributed by atoms with Crippen LogP contribution in [0.15, 0.2) is 103 Å². The van der Waals surface area contributed by atoms with Gasteiger partial charge in [-0.25, -0.2) is 0 Å². The van der Waals surface area contributed by atoms with Crippen LogP contribution < -0.4 is 16.2 Å². The third-order valence-corrected chi connectivity index (χ3v) is 13.2. The monoisotopic (exact) mass is 664 g/mol. The average Bonchev–Trinajstić information content (AvgIpc) is 3.64. The SMILES string of the molecule is Cc1ccc(Nc2ccccc2-c2cc(C)c3c4cc5c(cc4n4c3c2Bc2cc3sc6ccccc6c3cc2-4)C(C)(C)CCC5(C)C)cc1. The summed E-state index contributed by atoms with van der Waals surface area (Å²) in [6.45, 7) is 14.3. The lowest BCUT2D eigenvalue weighted by molar-refractivity contribution is 0.332. The molecule has 0 spiro atoms. The number of aromatic nitrogens is 1. The first-order valence-electron chi connectivity index (χ1n) is 18.1. The largest absolute Gasteiger partial charge is 0.355 e. The van der Waals surface area contributed by atoms with Gasteiger partial charge in [-0.15, -0.1) is 11.3 Å². The van der Waals surface area contributed by atoms with Crippen molar-refractivity contribution in [1.82, 2.24) is 4.57 Å². The molecule has 6 aromatic carbocycles. The predicted molar refractivity (Wildman–Crippen MR) is 220 cm³/mol. The van der Waals surface area contributed by atoms with Gasteiger partial charge in [-0.3, -0.25) is 0 Å². The Labute approximate surface area is 299 Å². The van der Waals surface area contributed by atoms with Gasteiger partial charge in [0.2, 0.25) is 0 Å². The number of nitrogens with one attached hydrogen (secondary N) is 1. The van der Waals surface area contributed by atoms with Crippen molar-refractivity contribution in [3.63, 3.8) is 0 Å². The predicted octanol–water partition coefficient (Wildman–Crippen LogP) is 11.2. The van der Waals surface area contributed by atoms with Gasteiger partial charge in [-0.2, -0.15) is 0 Å². The number of hydrogen-bond donors (Lipinski definition) is 1. The topological polar surface area (TPSA) is 17.0 Å². The number of nitrogens with zero attached hydrogens (tertiary/aromatic N) is 1. The van der Waals surface area contributed by atoms with Crippen LogP contribution in [0.4, 0.5) is 11.4 Å². The van der Waals surface area contributed by atoms with Crippen molar-refractivity contribution in [3.8, 4) is 16.8 Å². The molecule has 0 saturated heterocycles. The van der Waals surface area contributed by atoms with E-state index < -0.39 is 0 Å². The molecule has 0 saturated carbocycles. The minimum absolute atomic E-state index is 0.129. The maximum absolute atomic E-state index is 3.78. The molecule has 8 aromatic rings. The fourth-order valence-corrected chi connectivity index (χ4v) is 10.3. The molecule has 2 aliphatic rings. The van der Waals surface area contributed by atoms with E-state index in [1.165, 1.54) is 105 Å². The molecule has 3 heterocycles. The Balaban J connectivity index is 1.32. The highest BCUT2D eigenvalue weighted by Gasteiger charge is 2.39. The number of para-hydroxylation sites is 1. The zero-order valence-electron chi connectivity index (χ0n) is 29.8. The Kier molecular flexibility index (Phi) is 6.24. The van der Waals surface area contributed by atoms with Crippen LogP contribution in [0, 0.1) is 13.8 Å². The first-order chi connectivity index (χ1) is 24.1. The van der Waals surface area contributed by atoms with E-state index in [1.54, 1.807) is 0 Å². The van der Waals surface area contributed by atoms with E-state index in [2.05, 4.69) is 155 Å². The number of benzene rings is 6. The van der Waals surface area contributed by atoms with Crippen molar-refractivity contribution in [1.29, 1.82) is 0 Å². The Bertz CT molecular complexity index is 2720. The van der Waals surface area contributed by atoms with Crippen LogP contribution in [-0.4, -0.2) is 11.8 Å². The second-order valence-electron chi connectivity index (χ2n) is 16.2. The number of anilines is 2. The van der Waals surface area contributed by atoms with E-state index in [0.29, 0.717) is 0 Å². The van der Waals surface area contributed by atoms with Gasteiger partial charge in [0.1, 0.15) is 0 Å². The normalized spacial score (nSPS) is 15.7. The zero-order valence-corrected chi connectivity index (χ0v) is 30.6. The van der Waals surface area contributed by atoms with Gasteiger partial charge in [0, 0.05) is 59.1 Å². The van der Waals surface area contributed by atoms with Crippen molar-refractivity contribution in [2.24, 2.45) is 0 Å². The fourth-order valence-electron chi connectivity index (χ4n) is 9.17. The molecule has 1 N–H and O–H groups in total. The van der Waals surface area contributed by atoms with Crippen LogP contribution in [0.1, 0.15) is 62.8 Å². The first-order valence-corrected chi connectivity index (χ1v) is 18.9. The number of rotatable bonds is 3. The molecule has 0 radical (unpaired) electrons. The van der Waals surface area contributed by atoms with Crippen molar-refractivity contribution < 1.29 is 0 Å². The van der Waals surface area contributed by atoms with E-state index in [-0.39, 0.29) is 10.8 Å². The van der Waals surface area contributed by atoms with E-state index in [4.69, 9.17) is 0 Å². The van der Waals surface area contributed by atoms with Crippen LogP contribution in [-0.2, 0) is 10.8 Å². The highest BCUT2D eigenvalue weighted by atomic mass is 32.1. The first kappa shape index (κ1) is 30.1. The minimum Gasteiger partial charge on any atom is -0.355 e. The summed E-state index contributed by atoms with van der Waals surface area (Å²) in [5.74, 6) is 0. The fraction of sp³-hybridized carbons (Fsp3) is 0.217. The Morgan fingerprint density at radius 2 is 1.40 bits per heavy atom. The Morgan fingerprint density at radius 3 is 2.20 bits per heavy atom. The van der Waals surface area contributed by atoms with Crippen LogP contribution >= 0.6 is 11.3 Å². The average molecular weight is 665 g/mol. The molecule has 0 atom stereocenters. The van der Waals surface area contributed by atoms with Gasteiger partial charge in [-0.1, -0.05) is 93.3 Å². The highest BCUT2D eigenvalue weighted by molar-refractivity contribution is 7.25. The molecule has 0 bridgehead atoms. The standard InChI is InChI=1S/C46H41BN2S/c1-26-15-17-28(18-16-26)48-37-13-9-7-11-29(37)32-21-27(2)42-33-22-34-35(46(5,6)20-19-45(34,3)4)24-38(33)49-39-23-31-30-12-8-10-14-40(30)50-41(31)25-36(39)47-43(32)44(42)49/h7-18,21-25,47-48H,19-20H2,1-6H3. The summed E-state index contributed by atoms with van der Waals surface area (Å²) in [7, 11) is 0.900. The molecule has 2 nitrogen and oxygen atoms in total. The van der Waals surface area contributed by atoms with E-state index in [9.17, 15) is 0 Å². The molecule has 50 heavy (non-hydrogen) atoms. The van der Waals surface area contributed by atoms with Crippen molar-refractivity contribution in [2.45, 2.75) is 65.2 Å². The second-order valence-corrected chi connectivity index (χ2v) is 17.3. The third-order valence-electron chi connectivity index (χ3n) is 12.0. The summed E-state index contributed by atoms with van der Waals surface area (Å²) in [6, 6.07) is 39.2. The van der Waals surface area contributed by atoms with E-state index in [0.717, 1.165) is 18.7 Å². The quantitative estimate of drug-likeness (QED) is 0.186. The van der Waals surface area contributed by atoms with Crippen LogP contribution in [0.25, 0.3) is 58.8 Å². The maximum Gasteiger partial charge on any atom is 0.198 e. The van der Waals surface area contributed by atoms with Gasteiger partial charge in [-0.05, 0) is 114 Å². The summed E-state index contributed by atoms with van der Waals surface area (Å²) >= 11 is 1.92. The summed E-state index contributed by atoms with van der Waals surface area (Å²) in [5, 5.41) is 9.31. The Hall–Kier alpha value is -4.80. The lowest BCUT2D eigenvalue weighted by atomic mass is 9.58. The number of hydrogen-bond acceptors (Lipinski definition) is 2. The van der Waals surface area contributed by atoms with Gasteiger partial charge < -0.3 is 9.88 Å². The molecule has 0 fully saturated rings. The van der Waals surface area contributed by atoms with Crippen molar-refractivity contribution in [3.05, 3.63) is 125 Å². The minimum atomic E-state index is 0.129. The van der Waals surface area contributed by atoms with Crippen molar-refractivity contribution >= 4 is 82.9 Å². The molecule has 10 rings (SSSR count). The summed E-state index contributed by atoms with van der Waals surface area (Å²) in [6.07, 6.45) is 2.42. The maximum atomic E-state index is 3.78. The van der Waals surface area contributed by atoms with Crippen molar-refractivity contribution in [2.75, 3.05) is 5.32 Å². The van der Waals surface area contributed by atoms with Gasteiger partial charge >= 0.3 is 0 Å². The van der Waals surface area contributed by atoms with Gasteiger partial charge in [0.15, 0.2) is 7.28 Å². The van der Waals surface area contributed by atoms with E-state index in [1.807, 2.05) is 11.3 Å². The summed E-state index contributed by atoms with van der Waals surface area (Å²) in [4.78, 5) is 0. The molecule has 1 aliphatic heterocycles. The molecule has 0 amide bonds. The lowest BCUT2D eigenvalue weighted by Gasteiger charge is -2.42.